The van der Waals surface area contributed by atoms with Crippen molar-refractivity contribution in [1.82, 2.24) is 9.29 Å². The van der Waals surface area contributed by atoms with Crippen LogP contribution >= 0.6 is 11.3 Å². The quantitative estimate of drug-likeness (QED) is 0.856. The predicted octanol–water partition coefficient (Wildman–Crippen LogP) is 1.92. The Hall–Kier alpha value is -1.15. The van der Waals surface area contributed by atoms with E-state index in [9.17, 15) is 8.42 Å². The van der Waals surface area contributed by atoms with E-state index in [4.69, 9.17) is 5.11 Å². The second-order valence-electron chi connectivity index (χ2n) is 4.88. The van der Waals surface area contributed by atoms with E-state index in [1.165, 1.54) is 12.3 Å². The molecule has 0 aliphatic heterocycles. The van der Waals surface area contributed by atoms with Crippen LogP contribution < -0.4 is 0 Å². The zero-order valence-electron chi connectivity index (χ0n) is 10.8. The second kappa shape index (κ2) is 5.33. The maximum absolute atomic E-state index is 12.7. The lowest BCUT2D eigenvalue weighted by molar-refractivity contribution is 0.277. The number of aliphatic hydroxyl groups is 1. The Morgan fingerprint density at radius 2 is 2.25 bits per heavy atom. The molecule has 3 rings (SSSR count). The maximum atomic E-state index is 12.7. The first kappa shape index (κ1) is 13.8. The van der Waals surface area contributed by atoms with Gasteiger partial charge in [0, 0.05) is 29.4 Å². The Balaban J connectivity index is 1.89. The van der Waals surface area contributed by atoms with Gasteiger partial charge in [-0.1, -0.05) is 6.07 Å². The molecule has 2 aromatic heterocycles. The summed E-state index contributed by atoms with van der Waals surface area (Å²) >= 11 is 1.56. The largest absolute Gasteiger partial charge is 0.390 e. The van der Waals surface area contributed by atoms with Crippen LogP contribution in [0.1, 0.15) is 23.4 Å². The number of aliphatic hydroxyl groups excluding tert-OH is 1. The number of hydrogen-bond acceptors (Lipinski definition) is 4. The van der Waals surface area contributed by atoms with Gasteiger partial charge in [-0.2, -0.15) is 4.31 Å². The molecule has 0 aromatic carbocycles. The van der Waals surface area contributed by atoms with Gasteiger partial charge < -0.3 is 10.1 Å². The average molecular weight is 312 g/mol. The molecule has 1 aliphatic carbocycles. The van der Waals surface area contributed by atoms with Crippen LogP contribution in [-0.4, -0.2) is 28.9 Å². The van der Waals surface area contributed by atoms with Crippen molar-refractivity contribution >= 4 is 21.4 Å². The Kier molecular flexibility index (Phi) is 3.68. The summed E-state index contributed by atoms with van der Waals surface area (Å²) in [4.78, 5) is 4.05. The third-order valence-corrected chi connectivity index (χ3v) is 6.08. The Morgan fingerprint density at radius 1 is 1.45 bits per heavy atom. The topological polar surface area (TPSA) is 73.4 Å². The molecule has 0 spiro atoms. The van der Waals surface area contributed by atoms with Gasteiger partial charge in [0.2, 0.25) is 10.0 Å². The fraction of sp³-hybridized carbons (Fsp3) is 0.385. The smallest absolute Gasteiger partial charge is 0.245 e. The normalized spacial score (nSPS) is 15.9. The molecule has 2 aromatic rings. The highest BCUT2D eigenvalue weighted by atomic mass is 32.2. The Bertz CT molecular complexity index is 672. The highest BCUT2D eigenvalue weighted by Crippen LogP contribution is 2.34. The summed E-state index contributed by atoms with van der Waals surface area (Å²) in [5, 5.41) is 11.0. The van der Waals surface area contributed by atoms with Crippen LogP contribution in [0.4, 0.5) is 0 Å². The van der Waals surface area contributed by atoms with Crippen LogP contribution in [0.5, 0.6) is 0 Å². The van der Waals surface area contributed by atoms with E-state index in [-0.39, 0.29) is 17.5 Å². The molecule has 0 radical (unpaired) electrons. The summed E-state index contributed by atoms with van der Waals surface area (Å²) < 4.78 is 27.0. The molecule has 1 saturated carbocycles. The molecule has 0 bridgehead atoms. The van der Waals surface area contributed by atoms with Gasteiger partial charge in [-0.25, -0.2) is 8.42 Å². The van der Waals surface area contributed by atoms with Gasteiger partial charge in [-0.3, -0.25) is 0 Å². The number of thiophene rings is 1. The van der Waals surface area contributed by atoms with Gasteiger partial charge in [0.15, 0.2) is 0 Å². The summed E-state index contributed by atoms with van der Waals surface area (Å²) in [7, 11) is -3.51. The number of sulfonamides is 1. The zero-order valence-corrected chi connectivity index (χ0v) is 12.5. The summed E-state index contributed by atoms with van der Waals surface area (Å²) in [6.45, 7) is 0.230. The molecule has 7 heteroatoms. The van der Waals surface area contributed by atoms with Crippen LogP contribution in [0.3, 0.4) is 0 Å². The molecule has 5 nitrogen and oxygen atoms in total. The molecule has 0 saturated heterocycles. The maximum Gasteiger partial charge on any atom is 0.245 e. The second-order valence-corrected chi connectivity index (χ2v) is 7.80. The molecule has 1 aliphatic rings. The minimum absolute atomic E-state index is 0.106. The number of nitrogens with one attached hydrogen (secondary N) is 1. The fourth-order valence-electron chi connectivity index (χ4n) is 2.12. The fourth-order valence-corrected chi connectivity index (χ4v) is 4.59. The van der Waals surface area contributed by atoms with Gasteiger partial charge in [-0.05, 0) is 30.4 Å². The van der Waals surface area contributed by atoms with Crippen LogP contribution in [0.2, 0.25) is 0 Å². The van der Waals surface area contributed by atoms with Crippen LogP contribution in [0.15, 0.2) is 34.7 Å². The standard InChI is InChI=1S/C13H16N2O3S2/c16-9-10-6-13(7-14-10)20(17,18)15(11-3-4-11)8-12-2-1-5-19-12/h1-2,5-7,11,14,16H,3-4,8-9H2. The van der Waals surface area contributed by atoms with E-state index in [1.807, 2.05) is 17.5 Å². The molecular weight excluding hydrogens is 296 g/mol. The Labute approximate surface area is 121 Å². The number of nitrogens with zero attached hydrogens (tertiary/aromatic N) is 1. The minimum atomic E-state index is -3.51. The van der Waals surface area contributed by atoms with E-state index in [0.717, 1.165) is 17.7 Å². The van der Waals surface area contributed by atoms with Crippen molar-refractivity contribution in [2.45, 2.75) is 36.9 Å². The summed E-state index contributed by atoms with van der Waals surface area (Å²) in [6.07, 6.45) is 3.29. The number of rotatable bonds is 6. The van der Waals surface area contributed by atoms with Crippen molar-refractivity contribution in [2.24, 2.45) is 0 Å². The summed E-state index contributed by atoms with van der Waals surface area (Å²) in [5.41, 5.74) is 0.510. The number of aromatic amines is 1. The van der Waals surface area contributed by atoms with E-state index in [0.29, 0.717) is 12.2 Å². The molecule has 20 heavy (non-hydrogen) atoms. The van der Waals surface area contributed by atoms with Gasteiger partial charge in [0.25, 0.3) is 0 Å². The van der Waals surface area contributed by atoms with Crippen molar-refractivity contribution in [3.05, 3.63) is 40.3 Å². The number of H-pyrrole nitrogens is 1. The zero-order chi connectivity index (χ0) is 14.2. The van der Waals surface area contributed by atoms with Crippen molar-refractivity contribution < 1.29 is 13.5 Å². The molecular formula is C13H16N2O3S2. The molecule has 108 valence electrons. The van der Waals surface area contributed by atoms with Gasteiger partial charge in [-0.15, -0.1) is 11.3 Å². The lowest BCUT2D eigenvalue weighted by atomic mass is 10.4. The van der Waals surface area contributed by atoms with Gasteiger partial charge in [0.1, 0.15) is 0 Å². The van der Waals surface area contributed by atoms with E-state index >= 15 is 0 Å². The molecule has 1 fully saturated rings. The summed E-state index contributed by atoms with van der Waals surface area (Å²) in [6, 6.07) is 5.48. The Morgan fingerprint density at radius 3 is 2.80 bits per heavy atom. The first-order chi connectivity index (χ1) is 9.61. The molecule has 0 atom stereocenters. The van der Waals surface area contributed by atoms with Gasteiger partial charge in [0.05, 0.1) is 11.5 Å². The lowest BCUT2D eigenvalue weighted by Crippen LogP contribution is -2.32. The van der Waals surface area contributed by atoms with Crippen molar-refractivity contribution in [1.29, 1.82) is 0 Å². The lowest BCUT2D eigenvalue weighted by Gasteiger charge is -2.20. The highest BCUT2D eigenvalue weighted by Gasteiger charge is 2.38. The van der Waals surface area contributed by atoms with Crippen molar-refractivity contribution in [3.8, 4) is 0 Å². The van der Waals surface area contributed by atoms with E-state index in [2.05, 4.69) is 4.98 Å². The molecule has 0 amide bonds. The summed E-state index contributed by atoms with van der Waals surface area (Å²) in [5.74, 6) is 0. The van der Waals surface area contributed by atoms with E-state index in [1.54, 1.807) is 15.6 Å². The van der Waals surface area contributed by atoms with Crippen LogP contribution in [-0.2, 0) is 23.2 Å². The van der Waals surface area contributed by atoms with Crippen LogP contribution in [0, 0.1) is 0 Å². The van der Waals surface area contributed by atoms with Crippen LogP contribution in [0.25, 0.3) is 0 Å². The van der Waals surface area contributed by atoms with Crippen molar-refractivity contribution in [3.63, 3.8) is 0 Å². The third-order valence-electron chi connectivity index (χ3n) is 3.34. The molecule has 0 unspecified atom stereocenters. The molecule has 2 heterocycles. The van der Waals surface area contributed by atoms with Gasteiger partial charge >= 0.3 is 0 Å². The first-order valence-corrected chi connectivity index (χ1v) is 8.75. The first-order valence-electron chi connectivity index (χ1n) is 6.43. The predicted molar refractivity (Wildman–Crippen MR) is 76.8 cm³/mol. The highest BCUT2D eigenvalue weighted by molar-refractivity contribution is 7.89. The minimum Gasteiger partial charge on any atom is -0.390 e. The SMILES string of the molecule is O=S(=O)(c1c[nH]c(CO)c1)N(Cc1cccs1)C1CC1. The molecule has 2 N–H and O–H groups in total. The number of hydrogen-bond donors (Lipinski definition) is 2. The van der Waals surface area contributed by atoms with E-state index < -0.39 is 10.0 Å². The third kappa shape index (κ3) is 2.67. The monoisotopic (exact) mass is 312 g/mol. The van der Waals surface area contributed by atoms with Crippen molar-refractivity contribution in [2.75, 3.05) is 0 Å². The number of aromatic nitrogens is 1. The average Bonchev–Trinajstić information content (AvgIpc) is 2.96.